The lowest BCUT2D eigenvalue weighted by atomic mass is 10.1. The van der Waals surface area contributed by atoms with Crippen LogP contribution in [0.15, 0.2) is 24.3 Å². The van der Waals surface area contributed by atoms with Crippen molar-refractivity contribution in [1.82, 2.24) is 4.90 Å². The highest BCUT2D eigenvalue weighted by molar-refractivity contribution is 7.92. The van der Waals surface area contributed by atoms with E-state index in [1.807, 2.05) is 13.8 Å². The smallest absolute Gasteiger partial charge is 0.308 e. The van der Waals surface area contributed by atoms with Crippen molar-refractivity contribution in [2.24, 2.45) is 5.92 Å². The maximum absolute atomic E-state index is 12.3. The minimum atomic E-state index is -3.14. The van der Waals surface area contributed by atoms with E-state index in [0.29, 0.717) is 11.3 Å². The number of hydrogen-bond acceptors (Lipinski definition) is 5. The SMILES string of the molecule is CC(=O)Oc1ccc(C(=O)N2CC(S(=O)(=O)CC(C)C)C2)cc1. The first kappa shape index (κ1) is 17.5. The number of carbonyl (C=O) groups is 2. The molecule has 23 heavy (non-hydrogen) atoms. The summed E-state index contributed by atoms with van der Waals surface area (Å²) in [7, 11) is -3.14. The molecule has 1 aliphatic rings. The molecule has 1 fully saturated rings. The van der Waals surface area contributed by atoms with Crippen LogP contribution in [-0.2, 0) is 14.6 Å². The molecule has 1 heterocycles. The van der Waals surface area contributed by atoms with E-state index in [0.717, 1.165) is 0 Å². The molecule has 0 bridgehead atoms. The third kappa shape index (κ3) is 4.31. The largest absolute Gasteiger partial charge is 0.427 e. The van der Waals surface area contributed by atoms with E-state index in [9.17, 15) is 18.0 Å². The molecule has 0 aliphatic carbocycles. The molecule has 1 saturated heterocycles. The number of sulfone groups is 1. The third-order valence-electron chi connectivity index (χ3n) is 3.57. The lowest BCUT2D eigenvalue weighted by Gasteiger charge is -2.39. The van der Waals surface area contributed by atoms with Gasteiger partial charge in [0.05, 0.1) is 11.0 Å². The van der Waals surface area contributed by atoms with Crippen LogP contribution in [-0.4, -0.2) is 49.3 Å². The zero-order chi connectivity index (χ0) is 17.2. The minimum Gasteiger partial charge on any atom is -0.427 e. The van der Waals surface area contributed by atoms with Gasteiger partial charge in [0.2, 0.25) is 0 Å². The topological polar surface area (TPSA) is 80.8 Å². The molecule has 1 aliphatic heterocycles. The highest BCUT2D eigenvalue weighted by atomic mass is 32.2. The number of hydrogen-bond donors (Lipinski definition) is 0. The Morgan fingerprint density at radius 3 is 2.26 bits per heavy atom. The van der Waals surface area contributed by atoms with Gasteiger partial charge in [-0.2, -0.15) is 0 Å². The Bertz CT molecular complexity index is 688. The number of likely N-dealkylation sites (tertiary alicyclic amines) is 1. The Balaban J connectivity index is 1.95. The predicted octanol–water partition coefficient (Wildman–Crippen LogP) is 1.51. The third-order valence-corrected chi connectivity index (χ3v) is 6.02. The van der Waals surface area contributed by atoms with Crippen molar-refractivity contribution >= 4 is 21.7 Å². The number of carbonyl (C=O) groups excluding carboxylic acids is 2. The number of ether oxygens (including phenoxy) is 1. The van der Waals surface area contributed by atoms with Crippen molar-refractivity contribution in [2.75, 3.05) is 18.8 Å². The molecular formula is C16H21NO5S. The number of rotatable bonds is 5. The second-order valence-electron chi connectivity index (χ2n) is 6.17. The molecule has 0 spiro atoms. The Labute approximate surface area is 136 Å². The molecule has 1 aromatic carbocycles. The summed E-state index contributed by atoms with van der Waals surface area (Å²) in [5.41, 5.74) is 0.445. The fourth-order valence-electron chi connectivity index (χ4n) is 2.45. The first-order valence-electron chi connectivity index (χ1n) is 7.48. The highest BCUT2D eigenvalue weighted by Gasteiger charge is 2.39. The van der Waals surface area contributed by atoms with Crippen LogP contribution in [0.1, 0.15) is 31.1 Å². The second-order valence-corrected chi connectivity index (χ2v) is 8.50. The average Bonchev–Trinajstić information content (AvgIpc) is 2.34. The molecule has 0 saturated carbocycles. The quantitative estimate of drug-likeness (QED) is 0.600. The van der Waals surface area contributed by atoms with Gasteiger partial charge in [0.1, 0.15) is 5.75 Å². The van der Waals surface area contributed by atoms with Gasteiger partial charge in [-0.3, -0.25) is 9.59 Å². The van der Waals surface area contributed by atoms with Crippen molar-refractivity contribution in [3.8, 4) is 5.75 Å². The van der Waals surface area contributed by atoms with Crippen molar-refractivity contribution < 1.29 is 22.7 Å². The number of benzene rings is 1. The molecule has 126 valence electrons. The van der Waals surface area contributed by atoms with Crippen LogP contribution in [0.5, 0.6) is 5.75 Å². The van der Waals surface area contributed by atoms with Crippen molar-refractivity contribution in [2.45, 2.75) is 26.0 Å². The number of amides is 1. The lowest BCUT2D eigenvalue weighted by Crippen LogP contribution is -2.57. The van der Waals surface area contributed by atoms with Crippen molar-refractivity contribution in [3.63, 3.8) is 0 Å². The Morgan fingerprint density at radius 1 is 1.22 bits per heavy atom. The molecule has 1 aromatic rings. The maximum atomic E-state index is 12.3. The van der Waals surface area contributed by atoms with Crippen molar-refractivity contribution in [1.29, 1.82) is 0 Å². The monoisotopic (exact) mass is 339 g/mol. The van der Waals surface area contributed by atoms with E-state index in [1.165, 1.54) is 11.8 Å². The molecule has 0 N–H and O–H groups in total. The molecule has 1 amide bonds. The summed E-state index contributed by atoms with van der Waals surface area (Å²) < 4.78 is 29.1. The van der Waals surface area contributed by atoms with Gasteiger partial charge < -0.3 is 9.64 Å². The highest BCUT2D eigenvalue weighted by Crippen LogP contribution is 2.22. The summed E-state index contributed by atoms with van der Waals surface area (Å²) in [6.45, 7) is 5.50. The first-order valence-corrected chi connectivity index (χ1v) is 9.20. The van der Waals surface area contributed by atoms with Crippen molar-refractivity contribution in [3.05, 3.63) is 29.8 Å². The summed E-state index contributed by atoms with van der Waals surface area (Å²) in [5, 5.41) is -0.464. The van der Waals surface area contributed by atoms with Crippen LogP contribution in [0.3, 0.4) is 0 Å². The van der Waals surface area contributed by atoms with Gasteiger partial charge >= 0.3 is 5.97 Å². The molecule has 6 nitrogen and oxygen atoms in total. The Hall–Kier alpha value is -1.89. The van der Waals surface area contributed by atoms with Crippen LogP contribution >= 0.6 is 0 Å². The van der Waals surface area contributed by atoms with Gasteiger partial charge in [0, 0.05) is 25.6 Å². The zero-order valence-corrected chi connectivity index (χ0v) is 14.3. The standard InChI is InChI=1S/C16H21NO5S/c1-11(2)10-23(20,21)15-8-17(9-15)16(19)13-4-6-14(7-5-13)22-12(3)18/h4-7,11,15H,8-10H2,1-3H3. The normalized spacial score (nSPS) is 15.4. The van der Waals surface area contributed by atoms with Gasteiger partial charge in [-0.1, -0.05) is 13.8 Å². The summed E-state index contributed by atoms with van der Waals surface area (Å²) in [6, 6.07) is 6.22. The van der Waals surface area contributed by atoms with Gasteiger partial charge in [-0.05, 0) is 30.2 Å². The summed E-state index contributed by atoms with van der Waals surface area (Å²) in [6.07, 6.45) is 0. The molecular weight excluding hydrogens is 318 g/mol. The van der Waals surface area contributed by atoms with Gasteiger partial charge in [-0.15, -0.1) is 0 Å². The maximum Gasteiger partial charge on any atom is 0.308 e. The molecule has 7 heteroatoms. The Morgan fingerprint density at radius 2 is 1.78 bits per heavy atom. The molecule has 0 atom stereocenters. The van der Waals surface area contributed by atoms with E-state index >= 15 is 0 Å². The summed E-state index contributed by atoms with van der Waals surface area (Å²) in [4.78, 5) is 24.6. The van der Waals surface area contributed by atoms with E-state index in [1.54, 1.807) is 24.3 Å². The van der Waals surface area contributed by atoms with E-state index < -0.39 is 21.1 Å². The van der Waals surface area contributed by atoms with E-state index in [2.05, 4.69) is 0 Å². The number of nitrogens with zero attached hydrogens (tertiary/aromatic N) is 1. The average molecular weight is 339 g/mol. The fourth-order valence-corrected chi connectivity index (χ4v) is 4.46. The molecule has 0 radical (unpaired) electrons. The fraction of sp³-hybridized carbons (Fsp3) is 0.500. The van der Waals surface area contributed by atoms with Crippen LogP contribution in [0.2, 0.25) is 0 Å². The zero-order valence-electron chi connectivity index (χ0n) is 13.5. The number of esters is 1. The molecule has 0 unspecified atom stereocenters. The van der Waals surface area contributed by atoms with Crippen LogP contribution < -0.4 is 4.74 Å². The van der Waals surface area contributed by atoms with Crippen LogP contribution in [0, 0.1) is 5.92 Å². The van der Waals surface area contributed by atoms with Gasteiger partial charge in [0.15, 0.2) is 9.84 Å². The molecule has 0 aromatic heterocycles. The minimum absolute atomic E-state index is 0.0820. The lowest BCUT2D eigenvalue weighted by molar-refractivity contribution is -0.131. The van der Waals surface area contributed by atoms with Crippen LogP contribution in [0.25, 0.3) is 0 Å². The van der Waals surface area contributed by atoms with Gasteiger partial charge in [-0.25, -0.2) is 8.42 Å². The predicted molar refractivity (Wildman–Crippen MR) is 86.1 cm³/mol. The first-order chi connectivity index (χ1) is 10.7. The van der Waals surface area contributed by atoms with Crippen LogP contribution in [0.4, 0.5) is 0 Å². The van der Waals surface area contributed by atoms with E-state index in [-0.39, 0.29) is 30.7 Å². The summed E-state index contributed by atoms with van der Waals surface area (Å²) >= 11 is 0. The van der Waals surface area contributed by atoms with E-state index in [4.69, 9.17) is 4.74 Å². The van der Waals surface area contributed by atoms with Gasteiger partial charge in [0.25, 0.3) is 5.91 Å². The summed E-state index contributed by atoms with van der Waals surface area (Å²) in [5.74, 6) is -0.0365. The molecule has 2 rings (SSSR count). The Kier molecular flexibility index (Phi) is 5.09. The second kappa shape index (κ2) is 6.70.